The topological polar surface area (TPSA) is 82.8 Å². The number of hydrogen-bond donors (Lipinski definition) is 2. The average Bonchev–Trinajstić information content (AvgIpc) is 3.47. The first-order valence-corrected chi connectivity index (χ1v) is 10.5. The van der Waals surface area contributed by atoms with Crippen molar-refractivity contribution in [3.05, 3.63) is 59.7 Å². The minimum Gasteiger partial charge on any atom is -0.391 e. The van der Waals surface area contributed by atoms with E-state index in [-0.39, 0.29) is 23.8 Å². The van der Waals surface area contributed by atoms with Crippen LogP contribution in [-0.4, -0.2) is 44.3 Å². The van der Waals surface area contributed by atoms with Crippen molar-refractivity contribution >= 4 is 17.4 Å². The first-order valence-electron chi connectivity index (χ1n) is 10.5. The monoisotopic (exact) mass is 409 g/mol. The molecule has 156 valence electrons. The van der Waals surface area contributed by atoms with Gasteiger partial charge in [-0.15, -0.1) is 5.10 Å². The number of carbonyl (C=O) groups is 1. The van der Waals surface area contributed by atoms with E-state index in [0.29, 0.717) is 17.8 Å². The van der Waals surface area contributed by atoms with Crippen molar-refractivity contribution in [1.29, 1.82) is 0 Å². The minimum atomic E-state index is -0.506. The summed E-state index contributed by atoms with van der Waals surface area (Å²) in [5.41, 5.74) is 1.85. The Balaban J connectivity index is 1.44. The van der Waals surface area contributed by atoms with Crippen molar-refractivity contribution < 1.29 is 14.3 Å². The predicted molar refractivity (Wildman–Crippen MR) is 110 cm³/mol. The molecule has 1 saturated heterocycles. The number of carbonyl (C=O) groups excluding carboxylic acids is 1. The van der Waals surface area contributed by atoms with E-state index in [0.717, 1.165) is 43.6 Å². The summed E-state index contributed by atoms with van der Waals surface area (Å²) in [4.78, 5) is 19.2. The zero-order valence-electron chi connectivity index (χ0n) is 16.5. The molecule has 1 aliphatic carbocycles. The lowest BCUT2D eigenvalue weighted by molar-refractivity contribution is 0.0866. The quantitative estimate of drug-likeness (QED) is 0.692. The van der Waals surface area contributed by atoms with Gasteiger partial charge < -0.3 is 15.3 Å². The number of aliphatic hydroxyl groups excluding tert-OH is 1. The van der Waals surface area contributed by atoms with Crippen LogP contribution in [0.15, 0.2) is 42.6 Å². The fourth-order valence-electron chi connectivity index (χ4n) is 4.62. The summed E-state index contributed by atoms with van der Waals surface area (Å²) in [5.74, 6) is 0.189. The van der Waals surface area contributed by atoms with Gasteiger partial charge in [-0.05, 0) is 61.9 Å². The molecule has 3 atom stereocenters. The smallest absolute Gasteiger partial charge is 0.271 e. The molecule has 7 nitrogen and oxygen atoms in total. The second-order valence-electron chi connectivity index (χ2n) is 8.09. The highest BCUT2D eigenvalue weighted by atomic mass is 19.1. The number of anilines is 1. The van der Waals surface area contributed by atoms with Crippen molar-refractivity contribution in [1.82, 2.24) is 19.9 Å². The highest BCUT2D eigenvalue weighted by Gasteiger charge is 2.30. The van der Waals surface area contributed by atoms with Crippen LogP contribution in [0, 0.1) is 5.82 Å². The van der Waals surface area contributed by atoms with Gasteiger partial charge in [-0.3, -0.25) is 4.79 Å². The number of nitrogens with one attached hydrogen (secondary N) is 1. The van der Waals surface area contributed by atoms with Crippen LogP contribution in [0.1, 0.15) is 54.2 Å². The third kappa shape index (κ3) is 3.41. The van der Waals surface area contributed by atoms with Crippen molar-refractivity contribution in [2.75, 3.05) is 11.4 Å². The Morgan fingerprint density at radius 1 is 1.17 bits per heavy atom. The third-order valence-electron chi connectivity index (χ3n) is 6.16. The molecular formula is C22H24FN5O2. The summed E-state index contributed by atoms with van der Waals surface area (Å²) < 4.78 is 15.3. The van der Waals surface area contributed by atoms with Gasteiger partial charge in [0.1, 0.15) is 11.6 Å². The second-order valence-corrected chi connectivity index (χ2v) is 8.09. The van der Waals surface area contributed by atoms with Crippen molar-refractivity contribution in [2.45, 2.75) is 50.3 Å². The molecule has 3 aromatic rings. The van der Waals surface area contributed by atoms with Crippen LogP contribution in [0.2, 0.25) is 0 Å². The van der Waals surface area contributed by atoms with Crippen LogP contribution in [0.4, 0.5) is 10.2 Å². The van der Waals surface area contributed by atoms with Gasteiger partial charge in [-0.1, -0.05) is 12.1 Å². The number of imidazole rings is 1. The number of rotatable bonds is 4. The number of amides is 1. The van der Waals surface area contributed by atoms with Crippen LogP contribution in [-0.2, 0) is 0 Å². The molecule has 2 aliphatic rings. The molecule has 1 amide bonds. The van der Waals surface area contributed by atoms with Gasteiger partial charge >= 0.3 is 0 Å². The standard InChI is InChI=1S/C22H24FN5O2/c23-15-5-1-4-14(12-15)17-7-3-11-27(17)21-10-9-20-24-13-18(28(20)26-21)22(30)25-16-6-2-8-19(16)29/h1,4-5,9-10,12-13,16-17,19,29H,2-3,6-8,11H2,(H,25,30)/t16-,17-,19-/m1/s1. The summed E-state index contributed by atoms with van der Waals surface area (Å²) in [6, 6.07) is 10.2. The van der Waals surface area contributed by atoms with Gasteiger partial charge in [0, 0.05) is 6.54 Å². The summed E-state index contributed by atoms with van der Waals surface area (Å²) in [5, 5.41) is 17.6. The zero-order chi connectivity index (χ0) is 20.7. The lowest BCUT2D eigenvalue weighted by Crippen LogP contribution is -2.40. The molecular weight excluding hydrogens is 385 g/mol. The molecule has 30 heavy (non-hydrogen) atoms. The zero-order valence-corrected chi connectivity index (χ0v) is 16.5. The molecule has 1 aliphatic heterocycles. The Hall–Kier alpha value is -3.00. The molecule has 1 saturated carbocycles. The molecule has 2 N–H and O–H groups in total. The normalized spacial score (nSPS) is 23.9. The fraction of sp³-hybridized carbons (Fsp3) is 0.409. The van der Waals surface area contributed by atoms with E-state index in [1.807, 2.05) is 18.2 Å². The molecule has 2 fully saturated rings. The molecule has 5 rings (SSSR count). The van der Waals surface area contributed by atoms with Gasteiger partial charge in [0.25, 0.3) is 5.91 Å². The average molecular weight is 409 g/mol. The fourth-order valence-corrected chi connectivity index (χ4v) is 4.62. The Morgan fingerprint density at radius 3 is 2.87 bits per heavy atom. The summed E-state index contributed by atoms with van der Waals surface area (Å²) in [6.07, 6.45) is 5.28. The number of fused-ring (bicyclic) bond motifs is 1. The maximum atomic E-state index is 13.7. The Morgan fingerprint density at radius 2 is 2.07 bits per heavy atom. The number of aromatic nitrogens is 3. The van der Waals surface area contributed by atoms with Crippen LogP contribution < -0.4 is 10.2 Å². The van der Waals surface area contributed by atoms with E-state index in [1.165, 1.54) is 12.3 Å². The van der Waals surface area contributed by atoms with Gasteiger partial charge in [-0.2, -0.15) is 0 Å². The largest absolute Gasteiger partial charge is 0.391 e. The predicted octanol–water partition coefficient (Wildman–Crippen LogP) is 2.85. The maximum Gasteiger partial charge on any atom is 0.271 e. The first-order chi connectivity index (χ1) is 14.6. The summed E-state index contributed by atoms with van der Waals surface area (Å²) >= 11 is 0. The van der Waals surface area contributed by atoms with Crippen LogP contribution >= 0.6 is 0 Å². The van der Waals surface area contributed by atoms with Gasteiger partial charge in [0.2, 0.25) is 0 Å². The molecule has 0 spiro atoms. The Bertz CT molecular complexity index is 1080. The van der Waals surface area contributed by atoms with Gasteiger partial charge in [-0.25, -0.2) is 13.9 Å². The number of benzene rings is 1. The molecule has 8 heteroatoms. The van der Waals surface area contributed by atoms with Gasteiger partial charge in [0.15, 0.2) is 11.3 Å². The highest BCUT2D eigenvalue weighted by Crippen LogP contribution is 2.35. The van der Waals surface area contributed by atoms with E-state index in [4.69, 9.17) is 5.10 Å². The molecule has 3 heterocycles. The Kier molecular flexibility index (Phi) is 4.86. The highest BCUT2D eigenvalue weighted by molar-refractivity contribution is 5.93. The van der Waals surface area contributed by atoms with E-state index in [2.05, 4.69) is 15.2 Å². The molecule has 2 aromatic heterocycles. The van der Waals surface area contributed by atoms with Crippen molar-refractivity contribution in [3.63, 3.8) is 0 Å². The number of nitrogens with zero attached hydrogens (tertiary/aromatic N) is 4. The van der Waals surface area contributed by atoms with Gasteiger partial charge in [0.05, 0.1) is 24.4 Å². The molecule has 0 bridgehead atoms. The molecule has 1 aromatic carbocycles. The van der Waals surface area contributed by atoms with Crippen molar-refractivity contribution in [3.8, 4) is 0 Å². The van der Waals surface area contributed by atoms with E-state index >= 15 is 0 Å². The second kappa shape index (κ2) is 7.68. The van der Waals surface area contributed by atoms with Crippen LogP contribution in [0.5, 0.6) is 0 Å². The summed E-state index contributed by atoms with van der Waals surface area (Å²) in [7, 11) is 0. The number of aliphatic hydroxyl groups is 1. The minimum absolute atomic E-state index is 0.0417. The molecule has 0 radical (unpaired) electrons. The lowest BCUT2D eigenvalue weighted by Gasteiger charge is -2.26. The number of halogens is 1. The SMILES string of the molecule is O=C(N[C@@H]1CCC[C@H]1O)c1cnc2ccc(N3CCC[C@@H]3c3cccc(F)c3)nn12. The van der Waals surface area contributed by atoms with E-state index < -0.39 is 6.10 Å². The third-order valence-corrected chi connectivity index (χ3v) is 6.16. The first kappa shape index (κ1) is 19.0. The van der Waals surface area contributed by atoms with E-state index in [1.54, 1.807) is 16.6 Å². The maximum absolute atomic E-state index is 13.7. The van der Waals surface area contributed by atoms with Crippen LogP contribution in [0.3, 0.4) is 0 Å². The summed E-state index contributed by atoms with van der Waals surface area (Å²) in [6.45, 7) is 0.810. The number of hydrogen-bond acceptors (Lipinski definition) is 5. The van der Waals surface area contributed by atoms with Crippen LogP contribution in [0.25, 0.3) is 5.65 Å². The molecule has 0 unspecified atom stereocenters. The van der Waals surface area contributed by atoms with Crippen molar-refractivity contribution in [2.24, 2.45) is 0 Å². The Labute approximate surface area is 173 Å². The lowest BCUT2D eigenvalue weighted by atomic mass is 10.0. The van der Waals surface area contributed by atoms with E-state index in [9.17, 15) is 14.3 Å².